The Bertz CT molecular complexity index is 341. The average molecular weight is 218 g/mol. The Labute approximate surface area is 84.7 Å². The molecule has 0 saturated carbocycles. The second-order valence-electron chi connectivity index (χ2n) is 2.89. The monoisotopic (exact) mass is 218 g/mol. The Hall–Kier alpha value is -1.52. The van der Waals surface area contributed by atoms with Crippen molar-refractivity contribution in [2.24, 2.45) is 0 Å². The van der Waals surface area contributed by atoms with Gasteiger partial charge in [0.25, 0.3) is 0 Å². The highest BCUT2D eigenvalue weighted by molar-refractivity contribution is 5.89. The zero-order chi connectivity index (χ0) is 11.5. The first-order valence-corrected chi connectivity index (χ1v) is 4.31. The van der Waals surface area contributed by atoms with Gasteiger partial charge in [-0.05, 0) is 24.1 Å². The fourth-order valence-electron chi connectivity index (χ4n) is 1.04. The van der Waals surface area contributed by atoms with Crippen molar-refractivity contribution in [2.75, 3.05) is 0 Å². The lowest BCUT2D eigenvalue weighted by molar-refractivity contribution is -0.291. The van der Waals surface area contributed by atoms with Gasteiger partial charge in [0.15, 0.2) is 0 Å². The van der Waals surface area contributed by atoms with Crippen LogP contribution in [-0.2, 0) is 11.2 Å². The molecule has 0 amide bonds. The van der Waals surface area contributed by atoms with Gasteiger partial charge in [0.05, 0.1) is 5.56 Å². The molecular formula is C10H9F3O2. The van der Waals surface area contributed by atoms with Crippen LogP contribution in [0.25, 0.3) is 0 Å². The zero-order valence-electron chi connectivity index (χ0n) is 7.97. The van der Waals surface area contributed by atoms with Crippen LogP contribution in [0.1, 0.15) is 22.8 Å². The molecule has 15 heavy (non-hydrogen) atoms. The number of benzene rings is 1. The second kappa shape index (κ2) is 4.33. The number of hydrogen-bond donors (Lipinski definition) is 0. The summed E-state index contributed by atoms with van der Waals surface area (Å²) in [5.74, 6) is -1.38. The van der Waals surface area contributed by atoms with Crippen molar-refractivity contribution in [3.05, 3.63) is 35.4 Å². The van der Waals surface area contributed by atoms with Gasteiger partial charge in [0.2, 0.25) is 0 Å². The van der Waals surface area contributed by atoms with Crippen molar-refractivity contribution in [1.29, 1.82) is 0 Å². The molecule has 0 fully saturated rings. The number of ether oxygens (including phenoxy) is 1. The minimum absolute atomic E-state index is 0.107. The van der Waals surface area contributed by atoms with Crippen LogP contribution in [0.4, 0.5) is 13.2 Å². The highest BCUT2D eigenvalue weighted by Gasteiger charge is 2.34. The van der Waals surface area contributed by atoms with E-state index in [-0.39, 0.29) is 5.56 Å². The molecule has 0 bridgehead atoms. The molecule has 0 heterocycles. The van der Waals surface area contributed by atoms with Crippen molar-refractivity contribution >= 4 is 5.97 Å². The van der Waals surface area contributed by atoms with Gasteiger partial charge in [-0.25, -0.2) is 4.79 Å². The van der Waals surface area contributed by atoms with Gasteiger partial charge in [-0.15, -0.1) is 13.2 Å². The molecule has 0 N–H and O–H groups in total. The summed E-state index contributed by atoms with van der Waals surface area (Å²) in [4.78, 5) is 10.9. The predicted octanol–water partition coefficient (Wildman–Crippen LogP) is 2.93. The molecule has 1 aromatic rings. The molecule has 0 aliphatic carbocycles. The van der Waals surface area contributed by atoms with Crippen molar-refractivity contribution in [3.63, 3.8) is 0 Å². The van der Waals surface area contributed by atoms with Crippen LogP contribution >= 0.6 is 0 Å². The van der Waals surface area contributed by atoms with Crippen LogP contribution in [0.2, 0.25) is 0 Å². The van der Waals surface area contributed by atoms with Crippen molar-refractivity contribution in [3.8, 4) is 0 Å². The summed E-state index contributed by atoms with van der Waals surface area (Å²) in [7, 11) is 0. The van der Waals surface area contributed by atoms with E-state index in [1.165, 1.54) is 12.1 Å². The van der Waals surface area contributed by atoms with E-state index in [4.69, 9.17) is 0 Å². The highest BCUT2D eigenvalue weighted by atomic mass is 19.4. The largest absolute Gasteiger partial charge is 0.575 e. The number of hydrogen-bond acceptors (Lipinski definition) is 2. The van der Waals surface area contributed by atoms with Crippen molar-refractivity contribution in [1.82, 2.24) is 0 Å². The lowest BCUT2D eigenvalue weighted by Crippen LogP contribution is -2.19. The molecule has 2 nitrogen and oxygen atoms in total. The predicted molar refractivity (Wildman–Crippen MR) is 47.3 cm³/mol. The first-order chi connectivity index (χ1) is 6.92. The Morgan fingerprint density at radius 2 is 1.80 bits per heavy atom. The first-order valence-electron chi connectivity index (χ1n) is 4.31. The molecular weight excluding hydrogens is 209 g/mol. The van der Waals surface area contributed by atoms with E-state index < -0.39 is 12.3 Å². The van der Waals surface area contributed by atoms with E-state index in [0.717, 1.165) is 12.0 Å². The molecule has 5 heteroatoms. The number of aryl methyl sites for hydroxylation is 1. The molecule has 0 aromatic heterocycles. The summed E-state index contributed by atoms with van der Waals surface area (Å²) in [6.45, 7) is 1.91. The lowest BCUT2D eigenvalue weighted by Gasteiger charge is -2.07. The van der Waals surface area contributed by atoms with Crippen LogP contribution in [0.3, 0.4) is 0 Å². The number of alkyl halides is 3. The lowest BCUT2D eigenvalue weighted by atomic mass is 10.1. The summed E-state index contributed by atoms with van der Waals surface area (Å²) in [6, 6.07) is 5.81. The molecule has 0 unspecified atom stereocenters. The summed E-state index contributed by atoms with van der Waals surface area (Å²) in [5, 5.41) is 0. The minimum Gasteiger partial charge on any atom is -0.369 e. The fourth-order valence-corrected chi connectivity index (χ4v) is 1.04. The van der Waals surface area contributed by atoms with Crippen LogP contribution in [0.15, 0.2) is 24.3 Å². The van der Waals surface area contributed by atoms with Crippen LogP contribution in [0, 0.1) is 0 Å². The third-order valence-electron chi connectivity index (χ3n) is 1.81. The molecule has 1 aromatic carbocycles. The number of carbonyl (C=O) groups excluding carboxylic acids is 1. The summed E-state index contributed by atoms with van der Waals surface area (Å²) in [5.41, 5.74) is 0.836. The number of esters is 1. The van der Waals surface area contributed by atoms with Gasteiger partial charge >= 0.3 is 12.3 Å². The quantitative estimate of drug-likeness (QED) is 0.713. The maximum Gasteiger partial charge on any atom is 0.575 e. The maximum atomic E-state index is 11.7. The maximum absolute atomic E-state index is 11.7. The topological polar surface area (TPSA) is 26.3 Å². The molecule has 0 aliphatic heterocycles. The molecule has 0 aliphatic rings. The Morgan fingerprint density at radius 1 is 1.27 bits per heavy atom. The number of carbonyl (C=O) groups is 1. The van der Waals surface area contributed by atoms with E-state index in [1.54, 1.807) is 12.1 Å². The molecule has 0 radical (unpaired) electrons. The van der Waals surface area contributed by atoms with Crippen molar-refractivity contribution < 1.29 is 22.7 Å². The highest BCUT2D eigenvalue weighted by Crippen LogP contribution is 2.19. The molecule has 1 rings (SSSR count). The van der Waals surface area contributed by atoms with Gasteiger partial charge < -0.3 is 4.74 Å². The van der Waals surface area contributed by atoms with Crippen LogP contribution < -0.4 is 0 Å². The molecule has 0 spiro atoms. The van der Waals surface area contributed by atoms with Gasteiger partial charge in [-0.1, -0.05) is 19.1 Å². The van der Waals surface area contributed by atoms with Gasteiger partial charge in [0.1, 0.15) is 0 Å². The van der Waals surface area contributed by atoms with Crippen LogP contribution in [-0.4, -0.2) is 12.3 Å². The minimum atomic E-state index is -4.93. The standard InChI is InChI=1S/C10H9F3O2/c1-2-7-3-5-8(6-4-7)9(14)15-10(11,12)13/h3-6H,2H2,1H3. The second-order valence-corrected chi connectivity index (χ2v) is 2.89. The Kier molecular flexibility index (Phi) is 3.34. The Morgan fingerprint density at radius 3 is 2.20 bits per heavy atom. The zero-order valence-corrected chi connectivity index (χ0v) is 7.97. The number of rotatable bonds is 2. The number of halogens is 3. The molecule has 0 atom stereocenters. The van der Waals surface area contributed by atoms with Gasteiger partial charge in [-0.2, -0.15) is 0 Å². The van der Waals surface area contributed by atoms with E-state index in [0.29, 0.717) is 0 Å². The van der Waals surface area contributed by atoms with Crippen LogP contribution in [0.5, 0.6) is 0 Å². The fraction of sp³-hybridized carbons (Fsp3) is 0.300. The molecule has 0 saturated heterocycles. The smallest absolute Gasteiger partial charge is 0.369 e. The summed E-state index contributed by atoms with van der Waals surface area (Å²) >= 11 is 0. The van der Waals surface area contributed by atoms with Gasteiger partial charge in [0, 0.05) is 0 Å². The SMILES string of the molecule is CCc1ccc(C(=O)OC(F)(F)F)cc1. The third kappa shape index (κ3) is 3.61. The average Bonchev–Trinajstić information content (AvgIpc) is 2.15. The summed E-state index contributed by atoms with van der Waals surface area (Å²) < 4.78 is 38.3. The van der Waals surface area contributed by atoms with Gasteiger partial charge in [-0.3, -0.25) is 0 Å². The Balaban J connectivity index is 2.75. The normalized spacial score (nSPS) is 11.2. The molecule has 82 valence electrons. The van der Waals surface area contributed by atoms with E-state index >= 15 is 0 Å². The van der Waals surface area contributed by atoms with E-state index in [2.05, 4.69) is 4.74 Å². The first kappa shape index (κ1) is 11.6. The van der Waals surface area contributed by atoms with E-state index in [9.17, 15) is 18.0 Å². The van der Waals surface area contributed by atoms with E-state index in [1.807, 2.05) is 6.92 Å². The van der Waals surface area contributed by atoms with Crippen molar-refractivity contribution in [2.45, 2.75) is 19.7 Å². The summed E-state index contributed by atoms with van der Waals surface area (Å²) in [6.07, 6.45) is -4.17. The third-order valence-corrected chi connectivity index (χ3v) is 1.81.